The Hall–Kier alpha value is -2.08. The molecule has 2 aliphatic heterocycles. The van der Waals surface area contributed by atoms with Crippen LogP contribution in [0.4, 0.5) is 10.5 Å². The lowest BCUT2D eigenvalue weighted by atomic mass is 10.0. The van der Waals surface area contributed by atoms with Crippen molar-refractivity contribution in [3.05, 3.63) is 29.8 Å². The summed E-state index contributed by atoms with van der Waals surface area (Å²) in [6.45, 7) is 10.5. The molecule has 160 valence electrons. The Morgan fingerprint density at radius 3 is 2.45 bits per heavy atom. The van der Waals surface area contributed by atoms with Crippen LogP contribution in [0.25, 0.3) is 0 Å². The molecule has 3 rings (SSSR count). The molecule has 2 fully saturated rings. The van der Waals surface area contributed by atoms with Gasteiger partial charge in [0.1, 0.15) is 11.6 Å². The van der Waals surface area contributed by atoms with Crippen molar-refractivity contribution >= 4 is 17.7 Å². The number of nitrogens with one attached hydrogen (secondary N) is 1. The summed E-state index contributed by atoms with van der Waals surface area (Å²) in [5.74, 6) is -0.147. The number of benzene rings is 1. The summed E-state index contributed by atoms with van der Waals surface area (Å²) < 4.78 is 5.45. The van der Waals surface area contributed by atoms with Crippen molar-refractivity contribution in [2.45, 2.75) is 84.0 Å². The number of carbonyl (C=O) groups excluding carboxylic acids is 2. The number of anilines is 1. The molecule has 0 aromatic heterocycles. The smallest absolute Gasteiger partial charge is 0.410 e. The van der Waals surface area contributed by atoms with Gasteiger partial charge in [0.2, 0.25) is 5.91 Å². The molecule has 2 saturated heterocycles. The third-order valence-electron chi connectivity index (χ3n) is 5.73. The third kappa shape index (κ3) is 5.95. The summed E-state index contributed by atoms with van der Waals surface area (Å²) in [6, 6.07) is 8.22. The molecule has 0 bridgehead atoms. The van der Waals surface area contributed by atoms with Gasteiger partial charge >= 0.3 is 6.09 Å². The minimum Gasteiger partial charge on any atom is -0.444 e. The predicted octanol–water partition coefficient (Wildman–Crippen LogP) is 4.40. The molecule has 1 N–H and O–H groups in total. The van der Waals surface area contributed by atoms with Crippen LogP contribution in [0.15, 0.2) is 24.3 Å². The van der Waals surface area contributed by atoms with E-state index in [-0.39, 0.29) is 5.91 Å². The summed E-state index contributed by atoms with van der Waals surface area (Å²) in [6.07, 6.45) is 4.92. The van der Waals surface area contributed by atoms with E-state index < -0.39 is 17.7 Å². The zero-order chi connectivity index (χ0) is 21.0. The van der Waals surface area contributed by atoms with Gasteiger partial charge in [-0.05, 0) is 77.6 Å². The van der Waals surface area contributed by atoms with Crippen LogP contribution in [0, 0.1) is 0 Å². The standard InChI is InChI=1S/C23H35N3O3/c1-17-8-5-6-14-25(17)16-18-10-12-19(13-11-18)24-21(27)20-9-7-15-26(20)22(28)29-23(2,3)4/h10-13,17,20H,5-9,14-16H2,1-4H3,(H,24,27)/t17?,20-/m0/s1. The number of amides is 2. The molecule has 0 aliphatic carbocycles. The van der Waals surface area contributed by atoms with E-state index in [1.807, 2.05) is 32.9 Å². The second-order valence-corrected chi connectivity index (χ2v) is 9.33. The second kappa shape index (κ2) is 9.16. The fourth-order valence-electron chi connectivity index (χ4n) is 4.12. The summed E-state index contributed by atoms with van der Waals surface area (Å²) in [5, 5.41) is 2.97. The van der Waals surface area contributed by atoms with Gasteiger partial charge in [-0.25, -0.2) is 4.79 Å². The number of rotatable bonds is 4. The maximum absolute atomic E-state index is 12.8. The SMILES string of the molecule is CC1CCCCN1Cc1ccc(NC(=O)[C@@H]2CCCN2C(=O)OC(C)(C)C)cc1. The second-order valence-electron chi connectivity index (χ2n) is 9.33. The number of hydrogen-bond donors (Lipinski definition) is 1. The van der Waals surface area contributed by atoms with Crippen molar-refractivity contribution < 1.29 is 14.3 Å². The van der Waals surface area contributed by atoms with Crippen LogP contribution in [0.1, 0.15) is 65.4 Å². The zero-order valence-corrected chi connectivity index (χ0v) is 18.2. The first-order chi connectivity index (χ1) is 13.7. The van der Waals surface area contributed by atoms with E-state index in [2.05, 4.69) is 29.3 Å². The van der Waals surface area contributed by atoms with Crippen LogP contribution in [0.2, 0.25) is 0 Å². The molecule has 1 aromatic carbocycles. The summed E-state index contributed by atoms with van der Waals surface area (Å²) in [7, 11) is 0. The minimum absolute atomic E-state index is 0.147. The van der Waals surface area contributed by atoms with E-state index in [1.54, 1.807) is 4.90 Å². The van der Waals surface area contributed by atoms with Gasteiger partial charge in [0.15, 0.2) is 0 Å². The molecule has 0 saturated carbocycles. The van der Waals surface area contributed by atoms with Gasteiger partial charge in [0.05, 0.1) is 0 Å². The van der Waals surface area contributed by atoms with Crippen LogP contribution in [0.5, 0.6) is 0 Å². The summed E-state index contributed by atoms with van der Waals surface area (Å²) >= 11 is 0. The Bertz CT molecular complexity index is 711. The molecular weight excluding hydrogens is 366 g/mol. The Kier molecular flexibility index (Phi) is 6.83. The summed E-state index contributed by atoms with van der Waals surface area (Å²) in [4.78, 5) is 29.2. The maximum atomic E-state index is 12.8. The fraction of sp³-hybridized carbons (Fsp3) is 0.652. The van der Waals surface area contributed by atoms with E-state index in [9.17, 15) is 9.59 Å². The van der Waals surface area contributed by atoms with Gasteiger partial charge in [-0.15, -0.1) is 0 Å². The van der Waals surface area contributed by atoms with Crippen molar-refractivity contribution in [2.75, 3.05) is 18.4 Å². The normalized spacial score (nSPS) is 23.1. The lowest BCUT2D eigenvalue weighted by Crippen LogP contribution is -2.45. The Labute approximate surface area is 174 Å². The highest BCUT2D eigenvalue weighted by Crippen LogP contribution is 2.23. The molecule has 29 heavy (non-hydrogen) atoms. The van der Waals surface area contributed by atoms with Crippen LogP contribution >= 0.6 is 0 Å². The molecule has 1 unspecified atom stereocenters. The molecule has 6 nitrogen and oxygen atoms in total. The average Bonchev–Trinajstić information content (AvgIpc) is 3.14. The highest BCUT2D eigenvalue weighted by molar-refractivity contribution is 5.96. The molecule has 0 radical (unpaired) electrons. The van der Waals surface area contributed by atoms with Crippen LogP contribution in [-0.4, -0.2) is 52.6 Å². The average molecular weight is 402 g/mol. The first kappa shape index (κ1) is 21.6. The molecule has 1 aromatic rings. The maximum Gasteiger partial charge on any atom is 0.410 e. The predicted molar refractivity (Wildman–Crippen MR) is 115 cm³/mol. The van der Waals surface area contributed by atoms with Gasteiger partial charge in [-0.1, -0.05) is 18.6 Å². The van der Waals surface area contributed by atoms with E-state index in [1.165, 1.54) is 24.8 Å². The largest absolute Gasteiger partial charge is 0.444 e. The van der Waals surface area contributed by atoms with Crippen LogP contribution < -0.4 is 5.32 Å². The fourth-order valence-corrected chi connectivity index (χ4v) is 4.12. The highest BCUT2D eigenvalue weighted by atomic mass is 16.6. The van der Waals surface area contributed by atoms with Crippen molar-refractivity contribution in [1.29, 1.82) is 0 Å². The molecule has 2 atom stereocenters. The lowest BCUT2D eigenvalue weighted by Gasteiger charge is -2.33. The van der Waals surface area contributed by atoms with Gasteiger partial charge in [0.25, 0.3) is 0 Å². The number of likely N-dealkylation sites (tertiary alicyclic amines) is 2. The quantitative estimate of drug-likeness (QED) is 0.812. The lowest BCUT2D eigenvalue weighted by molar-refractivity contribution is -0.120. The van der Waals surface area contributed by atoms with Gasteiger partial charge in [-0.2, -0.15) is 0 Å². The monoisotopic (exact) mass is 401 g/mol. The highest BCUT2D eigenvalue weighted by Gasteiger charge is 2.36. The molecule has 2 heterocycles. The van der Waals surface area contributed by atoms with Crippen LogP contribution in [-0.2, 0) is 16.1 Å². The number of nitrogens with zero attached hydrogens (tertiary/aromatic N) is 2. The molecule has 2 amide bonds. The minimum atomic E-state index is -0.567. The molecular formula is C23H35N3O3. The summed E-state index contributed by atoms with van der Waals surface area (Å²) in [5.41, 5.74) is 1.46. The Morgan fingerprint density at radius 2 is 1.79 bits per heavy atom. The van der Waals surface area contributed by atoms with E-state index >= 15 is 0 Å². The van der Waals surface area contributed by atoms with Crippen molar-refractivity contribution in [3.63, 3.8) is 0 Å². The molecule has 2 aliphatic rings. The van der Waals surface area contributed by atoms with Gasteiger partial charge in [-0.3, -0.25) is 14.6 Å². The van der Waals surface area contributed by atoms with Crippen molar-refractivity contribution in [3.8, 4) is 0 Å². The number of piperidine rings is 1. The van der Waals surface area contributed by atoms with Crippen molar-refractivity contribution in [2.24, 2.45) is 0 Å². The Balaban J connectivity index is 1.56. The molecule has 6 heteroatoms. The third-order valence-corrected chi connectivity index (χ3v) is 5.73. The first-order valence-electron chi connectivity index (χ1n) is 10.9. The number of hydrogen-bond acceptors (Lipinski definition) is 4. The van der Waals surface area contributed by atoms with Crippen LogP contribution in [0.3, 0.4) is 0 Å². The van der Waals surface area contributed by atoms with Gasteiger partial charge < -0.3 is 10.1 Å². The zero-order valence-electron chi connectivity index (χ0n) is 18.2. The van der Waals surface area contributed by atoms with E-state index in [0.717, 1.165) is 25.2 Å². The van der Waals surface area contributed by atoms with Gasteiger partial charge in [0, 0.05) is 24.8 Å². The molecule has 0 spiro atoms. The Morgan fingerprint density at radius 1 is 1.07 bits per heavy atom. The van der Waals surface area contributed by atoms with E-state index in [0.29, 0.717) is 19.0 Å². The number of ether oxygens (including phenoxy) is 1. The van der Waals surface area contributed by atoms with E-state index in [4.69, 9.17) is 4.74 Å². The first-order valence-corrected chi connectivity index (χ1v) is 10.9. The number of carbonyl (C=O) groups is 2. The topological polar surface area (TPSA) is 61.9 Å². The van der Waals surface area contributed by atoms with Crippen molar-refractivity contribution in [1.82, 2.24) is 9.80 Å².